The molecule has 0 aromatic heterocycles. The lowest BCUT2D eigenvalue weighted by Crippen LogP contribution is -2.56. The molecule has 0 aromatic rings. The van der Waals surface area contributed by atoms with E-state index in [0.717, 1.165) is 45.2 Å². The molecule has 0 bridgehead atoms. The van der Waals surface area contributed by atoms with E-state index in [-0.39, 0.29) is 11.6 Å². The number of hydrogen-bond acceptors (Lipinski definition) is 3. The molecule has 0 aliphatic carbocycles. The van der Waals surface area contributed by atoms with Crippen LogP contribution in [0.3, 0.4) is 0 Å². The van der Waals surface area contributed by atoms with Gasteiger partial charge in [-0.15, -0.1) is 0 Å². The Hall–Kier alpha value is -0.170. The summed E-state index contributed by atoms with van der Waals surface area (Å²) in [5, 5.41) is 3.31. The molecule has 20 heavy (non-hydrogen) atoms. The van der Waals surface area contributed by atoms with Crippen molar-refractivity contribution in [2.45, 2.75) is 64.5 Å². The lowest BCUT2D eigenvalue weighted by atomic mass is 10.0. The molecule has 2 aliphatic heterocycles. The van der Waals surface area contributed by atoms with Crippen LogP contribution in [-0.2, 0) is 10.2 Å². The van der Waals surface area contributed by atoms with Gasteiger partial charge in [0.15, 0.2) is 0 Å². The number of nitrogens with zero attached hydrogens (tertiary/aromatic N) is 2. The summed E-state index contributed by atoms with van der Waals surface area (Å²) in [6, 6.07) is 0.116. The summed E-state index contributed by atoms with van der Waals surface area (Å²) in [5.41, 5.74) is -0.237. The van der Waals surface area contributed by atoms with Gasteiger partial charge < -0.3 is 5.32 Å². The van der Waals surface area contributed by atoms with E-state index in [1.165, 1.54) is 0 Å². The van der Waals surface area contributed by atoms with Crippen molar-refractivity contribution < 1.29 is 8.42 Å². The topological polar surface area (TPSA) is 52.7 Å². The third kappa shape index (κ3) is 3.18. The highest BCUT2D eigenvalue weighted by molar-refractivity contribution is 7.86. The molecule has 2 fully saturated rings. The lowest BCUT2D eigenvalue weighted by molar-refractivity contribution is 0.206. The van der Waals surface area contributed by atoms with E-state index in [2.05, 4.69) is 12.2 Å². The van der Waals surface area contributed by atoms with Crippen LogP contribution in [0.1, 0.15) is 52.9 Å². The smallest absolute Gasteiger partial charge is 0.282 e. The van der Waals surface area contributed by atoms with E-state index in [1.807, 2.05) is 13.8 Å². The molecule has 118 valence electrons. The van der Waals surface area contributed by atoms with Gasteiger partial charge in [-0.05, 0) is 46.1 Å². The van der Waals surface area contributed by atoms with Gasteiger partial charge in [-0.2, -0.15) is 17.0 Å². The number of piperidine rings is 1. The van der Waals surface area contributed by atoms with Gasteiger partial charge in [0.05, 0.1) is 0 Å². The minimum absolute atomic E-state index is 0.116. The molecule has 0 aromatic carbocycles. The van der Waals surface area contributed by atoms with E-state index in [9.17, 15) is 8.42 Å². The summed E-state index contributed by atoms with van der Waals surface area (Å²) >= 11 is 0. The first-order valence-corrected chi connectivity index (χ1v) is 9.29. The Morgan fingerprint density at radius 3 is 2.55 bits per heavy atom. The summed E-state index contributed by atoms with van der Waals surface area (Å²) in [4.78, 5) is 0. The van der Waals surface area contributed by atoms with E-state index >= 15 is 0 Å². The molecule has 0 radical (unpaired) electrons. The highest BCUT2D eigenvalue weighted by Gasteiger charge is 2.45. The first kappa shape index (κ1) is 16.2. The molecule has 0 saturated carbocycles. The van der Waals surface area contributed by atoms with Crippen LogP contribution in [0.25, 0.3) is 0 Å². The van der Waals surface area contributed by atoms with Gasteiger partial charge in [0, 0.05) is 31.2 Å². The van der Waals surface area contributed by atoms with Gasteiger partial charge >= 0.3 is 0 Å². The molecule has 1 unspecified atom stereocenters. The molecule has 2 rings (SSSR count). The van der Waals surface area contributed by atoms with E-state index in [0.29, 0.717) is 13.1 Å². The quantitative estimate of drug-likeness (QED) is 0.839. The van der Waals surface area contributed by atoms with Crippen LogP contribution in [0.4, 0.5) is 0 Å². The van der Waals surface area contributed by atoms with Crippen LogP contribution in [0, 0.1) is 0 Å². The van der Waals surface area contributed by atoms with Gasteiger partial charge in [0.25, 0.3) is 10.2 Å². The van der Waals surface area contributed by atoms with Crippen LogP contribution in [-0.4, -0.2) is 54.8 Å². The van der Waals surface area contributed by atoms with E-state index in [4.69, 9.17) is 0 Å². The Morgan fingerprint density at radius 1 is 1.20 bits per heavy atom. The van der Waals surface area contributed by atoms with Crippen molar-refractivity contribution in [2.75, 3.05) is 26.2 Å². The van der Waals surface area contributed by atoms with Crippen molar-refractivity contribution in [1.29, 1.82) is 0 Å². The molecule has 2 saturated heterocycles. The minimum atomic E-state index is -3.32. The highest BCUT2D eigenvalue weighted by Crippen LogP contribution is 2.34. The van der Waals surface area contributed by atoms with Gasteiger partial charge in [0.1, 0.15) is 0 Å². The normalized spacial score (nSPS) is 28.9. The van der Waals surface area contributed by atoms with Crippen LogP contribution in [0.15, 0.2) is 0 Å². The second-order valence-electron chi connectivity index (χ2n) is 6.56. The molecule has 2 heterocycles. The van der Waals surface area contributed by atoms with Crippen LogP contribution in [0.2, 0.25) is 0 Å². The summed E-state index contributed by atoms with van der Waals surface area (Å²) in [6.07, 6.45) is 5.01. The van der Waals surface area contributed by atoms with Crippen molar-refractivity contribution in [2.24, 2.45) is 0 Å². The van der Waals surface area contributed by atoms with Crippen molar-refractivity contribution in [3.63, 3.8) is 0 Å². The Labute approximate surface area is 123 Å². The monoisotopic (exact) mass is 303 g/mol. The first-order valence-electron chi connectivity index (χ1n) is 7.90. The van der Waals surface area contributed by atoms with E-state index < -0.39 is 10.2 Å². The molecule has 1 atom stereocenters. The fraction of sp³-hybridized carbons (Fsp3) is 1.00. The Balaban J connectivity index is 2.17. The maximum Gasteiger partial charge on any atom is 0.282 e. The minimum Gasteiger partial charge on any atom is -0.315 e. The molecule has 2 aliphatic rings. The Morgan fingerprint density at radius 2 is 1.95 bits per heavy atom. The van der Waals surface area contributed by atoms with Crippen LogP contribution >= 0.6 is 0 Å². The number of nitrogens with one attached hydrogen (secondary N) is 1. The van der Waals surface area contributed by atoms with Gasteiger partial charge in [-0.1, -0.05) is 13.3 Å². The zero-order valence-corrected chi connectivity index (χ0v) is 13.9. The Bertz CT molecular complexity index is 422. The third-order valence-corrected chi connectivity index (χ3v) is 6.91. The highest BCUT2D eigenvalue weighted by atomic mass is 32.2. The molecule has 5 nitrogen and oxygen atoms in total. The fourth-order valence-electron chi connectivity index (χ4n) is 3.43. The van der Waals surface area contributed by atoms with Crippen LogP contribution in [0.5, 0.6) is 0 Å². The van der Waals surface area contributed by atoms with Gasteiger partial charge in [0.2, 0.25) is 0 Å². The predicted octanol–water partition coefficient (Wildman–Crippen LogP) is 1.57. The maximum atomic E-state index is 13.0. The van der Waals surface area contributed by atoms with Crippen molar-refractivity contribution in [1.82, 2.24) is 13.9 Å². The molecular formula is C14H29N3O2S. The largest absolute Gasteiger partial charge is 0.315 e. The van der Waals surface area contributed by atoms with Crippen LogP contribution < -0.4 is 5.32 Å². The third-order valence-electron chi connectivity index (χ3n) is 4.60. The SMILES string of the molecule is CCNCC1CCCCN1S(=O)(=O)N1CCCC1(C)C. The average Bonchev–Trinajstić information content (AvgIpc) is 2.77. The number of hydrogen-bond donors (Lipinski definition) is 1. The number of rotatable bonds is 5. The summed E-state index contributed by atoms with van der Waals surface area (Å²) in [7, 11) is -3.32. The second kappa shape index (κ2) is 6.30. The van der Waals surface area contributed by atoms with Crippen molar-refractivity contribution in [3.05, 3.63) is 0 Å². The molecule has 1 N–H and O–H groups in total. The van der Waals surface area contributed by atoms with E-state index in [1.54, 1.807) is 8.61 Å². The number of likely N-dealkylation sites (N-methyl/N-ethyl adjacent to an activating group) is 1. The van der Waals surface area contributed by atoms with Gasteiger partial charge in [-0.3, -0.25) is 0 Å². The zero-order valence-electron chi connectivity index (χ0n) is 13.1. The molecular weight excluding hydrogens is 274 g/mol. The second-order valence-corrected chi connectivity index (χ2v) is 8.37. The maximum absolute atomic E-state index is 13.0. The van der Waals surface area contributed by atoms with Gasteiger partial charge in [-0.25, -0.2) is 0 Å². The summed E-state index contributed by atoms with van der Waals surface area (Å²) < 4.78 is 29.5. The molecule has 6 heteroatoms. The standard InChI is InChI=1S/C14H29N3O2S/c1-4-15-12-13-8-5-6-10-16(13)20(18,19)17-11-7-9-14(17,2)3/h13,15H,4-12H2,1-3H3. The lowest BCUT2D eigenvalue weighted by Gasteiger charge is -2.40. The summed E-state index contributed by atoms with van der Waals surface area (Å²) in [6.45, 7) is 9.14. The predicted molar refractivity (Wildman–Crippen MR) is 81.8 cm³/mol. The summed E-state index contributed by atoms with van der Waals surface area (Å²) in [5.74, 6) is 0. The van der Waals surface area contributed by atoms with Crippen molar-refractivity contribution in [3.8, 4) is 0 Å². The van der Waals surface area contributed by atoms with Crippen molar-refractivity contribution >= 4 is 10.2 Å². The molecule has 0 spiro atoms. The Kier molecular flexibility index (Phi) is 5.10. The molecule has 0 amide bonds. The zero-order chi connectivity index (χ0) is 14.8. The fourth-order valence-corrected chi connectivity index (χ4v) is 5.68. The first-order chi connectivity index (χ1) is 9.39. The average molecular weight is 303 g/mol.